The first-order valence-corrected chi connectivity index (χ1v) is 6.52. The molecule has 1 aliphatic rings. The molecule has 1 aromatic rings. The second kappa shape index (κ2) is 6.09. The molecule has 0 aliphatic carbocycles. The van der Waals surface area contributed by atoms with E-state index >= 15 is 0 Å². The standard InChI is InChI=1S/C13H14ClFN2O3/c1-8-13(19)16-4-5-17(8)12(18)7-20-11-3-2-9(15)6-10(11)14/h2-3,6,8H,4-5,7H2,1H3,(H,16,19). The van der Waals surface area contributed by atoms with Crippen molar-refractivity contribution >= 4 is 23.4 Å². The maximum Gasteiger partial charge on any atom is 0.261 e. The molecule has 1 atom stereocenters. The van der Waals surface area contributed by atoms with E-state index in [0.717, 1.165) is 6.07 Å². The highest BCUT2D eigenvalue weighted by Crippen LogP contribution is 2.24. The van der Waals surface area contributed by atoms with E-state index in [2.05, 4.69) is 5.32 Å². The molecule has 0 saturated carbocycles. The molecule has 7 heteroatoms. The number of rotatable bonds is 3. The van der Waals surface area contributed by atoms with Crippen molar-refractivity contribution in [3.63, 3.8) is 0 Å². The molecule has 1 fully saturated rings. The minimum absolute atomic E-state index is 0.0993. The van der Waals surface area contributed by atoms with E-state index in [0.29, 0.717) is 13.1 Å². The van der Waals surface area contributed by atoms with Gasteiger partial charge in [0.05, 0.1) is 5.02 Å². The van der Waals surface area contributed by atoms with E-state index in [9.17, 15) is 14.0 Å². The van der Waals surface area contributed by atoms with Crippen molar-refractivity contribution in [1.29, 1.82) is 0 Å². The lowest BCUT2D eigenvalue weighted by atomic mass is 10.2. The van der Waals surface area contributed by atoms with Crippen molar-refractivity contribution in [2.75, 3.05) is 19.7 Å². The summed E-state index contributed by atoms with van der Waals surface area (Å²) in [6.45, 7) is 2.26. The number of nitrogens with zero attached hydrogens (tertiary/aromatic N) is 1. The van der Waals surface area contributed by atoms with Crippen molar-refractivity contribution in [3.05, 3.63) is 29.0 Å². The SMILES string of the molecule is CC1C(=O)NCCN1C(=O)COc1ccc(F)cc1Cl. The Morgan fingerprint density at radius 1 is 1.60 bits per heavy atom. The number of carbonyl (C=O) groups is 2. The predicted octanol–water partition coefficient (Wildman–Crippen LogP) is 1.20. The molecule has 5 nitrogen and oxygen atoms in total. The molecule has 0 bridgehead atoms. The van der Waals surface area contributed by atoms with Gasteiger partial charge in [0, 0.05) is 13.1 Å². The maximum absolute atomic E-state index is 12.9. The Balaban J connectivity index is 1.96. The van der Waals surface area contributed by atoms with Gasteiger partial charge in [0.25, 0.3) is 5.91 Å². The van der Waals surface area contributed by atoms with E-state index in [1.165, 1.54) is 17.0 Å². The number of amides is 2. The van der Waals surface area contributed by atoms with E-state index in [1.807, 2.05) is 0 Å². The molecular weight excluding hydrogens is 287 g/mol. The molecule has 2 amide bonds. The van der Waals surface area contributed by atoms with E-state index in [1.54, 1.807) is 6.92 Å². The number of piperazine rings is 1. The Bertz CT molecular complexity index is 538. The lowest BCUT2D eigenvalue weighted by molar-refractivity contribution is -0.143. The average Bonchev–Trinajstić information content (AvgIpc) is 2.40. The molecule has 2 rings (SSSR count). The third-order valence-corrected chi connectivity index (χ3v) is 3.36. The number of carbonyl (C=O) groups excluding carboxylic acids is 2. The molecule has 1 N–H and O–H groups in total. The number of hydrogen-bond donors (Lipinski definition) is 1. The minimum Gasteiger partial charge on any atom is -0.482 e. The Morgan fingerprint density at radius 2 is 2.35 bits per heavy atom. The second-order valence-electron chi connectivity index (χ2n) is 4.42. The van der Waals surface area contributed by atoms with Gasteiger partial charge in [-0.2, -0.15) is 0 Å². The summed E-state index contributed by atoms with van der Waals surface area (Å²) >= 11 is 5.80. The summed E-state index contributed by atoms with van der Waals surface area (Å²) in [5, 5.41) is 2.77. The fourth-order valence-electron chi connectivity index (χ4n) is 1.94. The number of hydrogen-bond acceptors (Lipinski definition) is 3. The summed E-state index contributed by atoms with van der Waals surface area (Å²) in [5.41, 5.74) is 0. The maximum atomic E-state index is 12.9. The van der Waals surface area contributed by atoms with Gasteiger partial charge in [0.2, 0.25) is 5.91 Å². The van der Waals surface area contributed by atoms with Gasteiger partial charge in [-0.05, 0) is 25.1 Å². The van der Waals surface area contributed by atoms with Gasteiger partial charge in [-0.3, -0.25) is 9.59 Å². The fourth-order valence-corrected chi connectivity index (χ4v) is 2.16. The Morgan fingerprint density at radius 3 is 3.05 bits per heavy atom. The highest BCUT2D eigenvalue weighted by atomic mass is 35.5. The first-order valence-electron chi connectivity index (χ1n) is 6.14. The van der Waals surface area contributed by atoms with E-state index in [4.69, 9.17) is 16.3 Å². The van der Waals surface area contributed by atoms with E-state index in [-0.39, 0.29) is 29.2 Å². The van der Waals surface area contributed by atoms with Crippen LogP contribution in [0.15, 0.2) is 18.2 Å². The van der Waals surface area contributed by atoms with Crippen LogP contribution in [0.5, 0.6) is 5.75 Å². The molecule has 1 aliphatic heterocycles. The molecule has 108 valence electrons. The molecule has 1 unspecified atom stereocenters. The molecule has 1 saturated heterocycles. The monoisotopic (exact) mass is 300 g/mol. The molecular formula is C13H14ClFN2O3. The summed E-state index contributed by atoms with van der Waals surface area (Å²) in [5.74, 6) is -0.748. The fraction of sp³-hybridized carbons (Fsp3) is 0.385. The van der Waals surface area contributed by atoms with Crippen LogP contribution in [0.2, 0.25) is 5.02 Å². The smallest absolute Gasteiger partial charge is 0.261 e. The van der Waals surface area contributed by atoms with Crippen molar-refractivity contribution in [2.24, 2.45) is 0 Å². The Hall–Kier alpha value is -1.82. The highest BCUT2D eigenvalue weighted by molar-refractivity contribution is 6.32. The van der Waals surface area contributed by atoms with E-state index < -0.39 is 11.9 Å². The molecule has 0 aromatic heterocycles. The quantitative estimate of drug-likeness (QED) is 0.913. The first kappa shape index (κ1) is 14.6. The normalized spacial score (nSPS) is 18.6. The summed E-state index contributed by atoms with van der Waals surface area (Å²) in [6, 6.07) is 3.14. The topological polar surface area (TPSA) is 58.6 Å². The highest BCUT2D eigenvalue weighted by Gasteiger charge is 2.29. The van der Waals surface area contributed by atoms with Gasteiger partial charge < -0.3 is 15.0 Å². The van der Waals surface area contributed by atoms with Crippen LogP contribution in [0.25, 0.3) is 0 Å². The number of halogens is 2. The van der Waals surface area contributed by atoms with Crippen LogP contribution in [-0.4, -0.2) is 42.5 Å². The zero-order valence-electron chi connectivity index (χ0n) is 10.9. The van der Waals surface area contributed by atoms with Gasteiger partial charge in [0.1, 0.15) is 17.6 Å². The molecule has 0 radical (unpaired) electrons. The van der Waals surface area contributed by atoms with Crippen LogP contribution in [0, 0.1) is 5.82 Å². The average molecular weight is 301 g/mol. The summed E-state index contributed by atoms with van der Waals surface area (Å²) in [7, 11) is 0. The predicted molar refractivity (Wildman–Crippen MR) is 71.1 cm³/mol. The van der Waals surface area contributed by atoms with Gasteiger partial charge in [-0.1, -0.05) is 11.6 Å². The summed E-state index contributed by atoms with van der Waals surface area (Å²) in [4.78, 5) is 24.9. The minimum atomic E-state index is -0.525. The van der Waals surface area contributed by atoms with Crippen LogP contribution in [0.3, 0.4) is 0 Å². The van der Waals surface area contributed by atoms with Crippen molar-refractivity contribution in [1.82, 2.24) is 10.2 Å². The van der Waals surface area contributed by atoms with Crippen molar-refractivity contribution in [3.8, 4) is 5.75 Å². The largest absolute Gasteiger partial charge is 0.482 e. The van der Waals surface area contributed by atoms with Crippen LogP contribution >= 0.6 is 11.6 Å². The number of ether oxygens (including phenoxy) is 1. The van der Waals surface area contributed by atoms with Crippen molar-refractivity contribution < 1.29 is 18.7 Å². The third-order valence-electron chi connectivity index (χ3n) is 3.06. The first-order chi connectivity index (χ1) is 9.49. The summed E-state index contributed by atoms with van der Waals surface area (Å²) < 4.78 is 18.1. The van der Waals surface area contributed by atoms with Gasteiger partial charge in [0.15, 0.2) is 6.61 Å². The van der Waals surface area contributed by atoms with Crippen LogP contribution < -0.4 is 10.1 Å². The second-order valence-corrected chi connectivity index (χ2v) is 4.82. The van der Waals surface area contributed by atoms with Crippen LogP contribution in [-0.2, 0) is 9.59 Å². The van der Waals surface area contributed by atoms with Crippen molar-refractivity contribution in [2.45, 2.75) is 13.0 Å². The Labute approximate surface area is 120 Å². The van der Waals surface area contributed by atoms with Gasteiger partial charge >= 0.3 is 0 Å². The lowest BCUT2D eigenvalue weighted by Crippen LogP contribution is -2.56. The zero-order valence-corrected chi connectivity index (χ0v) is 11.6. The van der Waals surface area contributed by atoms with Crippen LogP contribution in [0.4, 0.5) is 4.39 Å². The third kappa shape index (κ3) is 3.19. The van der Waals surface area contributed by atoms with Gasteiger partial charge in [-0.15, -0.1) is 0 Å². The lowest BCUT2D eigenvalue weighted by Gasteiger charge is -2.32. The zero-order chi connectivity index (χ0) is 14.7. The summed E-state index contributed by atoms with van der Waals surface area (Å²) in [6.07, 6.45) is 0. The molecule has 20 heavy (non-hydrogen) atoms. The number of nitrogens with one attached hydrogen (secondary N) is 1. The molecule has 1 heterocycles. The molecule has 1 aromatic carbocycles. The Kier molecular flexibility index (Phi) is 4.44. The van der Waals surface area contributed by atoms with Crippen LogP contribution in [0.1, 0.15) is 6.92 Å². The van der Waals surface area contributed by atoms with Gasteiger partial charge in [-0.25, -0.2) is 4.39 Å². The number of benzene rings is 1. The molecule has 0 spiro atoms.